The van der Waals surface area contributed by atoms with Gasteiger partial charge in [-0.2, -0.15) is 0 Å². The van der Waals surface area contributed by atoms with Gasteiger partial charge in [-0.05, 0) is 12.5 Å². The van der Waals surface area contributed by atoms with Crippen molar-refractivity contribution in [3.05, 3.63) is 39.4 Å². The van der Waals surface area contributed by atoms with Crippen molar-refractivity contribution in [3.63, 3.8) is 0 Å². The number of aryl methyl sites for hydroxylation is 1. The number of thiol groups is 1. The van der Waals surface area contributed by atoms with Gasteiger partial charge >= 0.3 is 0 Å². The van der Waals surface area contributed by atoms with E-state index in [-0.39, 0.29) is 11.3 Å². The Morgan fingerprint density at radius 3 is 2.54 bits per heavy atom. The van der Waals surface area contributed by atoms with Gasteiger partial charge in [0.05, 0.1) is 4.92 Å². The molecule has 0 unspecified atom stereocenters. The zero-order chi connectivity index (χ0) is 10.0. The van der Waals surface area contributed by atoms with Gasteiger partial charge in [0.15, 0.2) is 0 Å². The van der Waals surface area contributed by atoms with Crippen LogP contribution in [0.4, 0.5) is 5.69 Å². The molecule has 4 nitrogen and oxygen atoms in total. The summed E-state index contributed by atoms with van der Waals surface area (Å²) >= 11 is 3.58. The fourth-order valence-electron chi connectivity index (χ4n) is 1.08. The molecule has 0 spiro atoms. The largest absolute Gasteiger partial charge is 0.282 e. The Hall–Kier alpha value is -1.36. The van der Waals surface area contributed by atoms with Crippen LogP contribution in [0.1, 0.15) is 15.9 Å². The van der Waals surface area contributed by atoms with Gasteiger partial charge in [0.1, 0.15) is 5.56 Å². The summed E-state index contributed by atoms with van der Waals surface area (Å²) in [5.74, 6) is 0. The summed E-state index contributed by atoms with van der Waals surface area (Å²) in [6.45, 7) is 1.64. The summed E-state index contributed by atoms with van der Waals surface area (Å²) in [5, 5.41) is 9.92. The van der Waals surface area contributed by atoms with Crippen LogP contribution in [0.25, 0.3) is 0 Å². The summed E-state index contributed by atoms with van der Waals surface area (Å²) < 4.78 is 0. The minimum atomic E-state index is -0.587. The molecule has 0 aromatic heterocycles. The average molecular weight is 197 g/mol. The van der Waals surface area contributed by atoms with Gasteiger partial charge in [-0.25, -0.2) is 0 Å². The highest BCUT2D eigenvalue weighted by Gasteiger charge is 2.19. The maximum atomic E-state index is 11.0. The third kappa shape index (κ3) is 1.86. The van der Waals surface area contributed by atoms with Gasteiger partial charge < -0.3 is 0 Å². The lowest BCUT2D eigenvalue weighted by Crippen LogP contribution is -2.00. The molecule has 1 aromatic carbocycles. The van der Waals surface area contributed by atoms with Gasteiger partial charge in [-0.1, -0.05) is 12.1 Å². The van der Waals surface area contributed by atoms with Crippen molar-refractivity contribution < 1.29 is 9.72 Å². The van der Waals surface area contributed by atoms with Gasteiger partial charge in [-0.3, -0.25) is 14.9 Å². The number of nitro groups is 1. The first-order valence-corrected chi connectivity index (χ1v) is 3.96. The van der Waals surface area contributed by atoms with Crippen LogP contribution in [-0.4, -0.2) is 10.0 Å². The molecule has 0 aliphatic rings. The van der Waals surface area contributed by atoms with Crippen LogP contribution in [0.2, 0.25) is 0 Å². The van der Waals surface area contributed by atoms with Crippen LogP contribution in [0.5, 0.6) is 0 Å². The predicted molar refractivity (Wildman–Crippen MR) is 51.1 cm³/mol. The second kappa shape index (κ2) is 3.57. The number of nitrogens with zero attached hydrogens (tertiary/aromatic N) is 1. The Balaban J connectivity index is 3.43. The molecule has 0 saturated heterocycles. The summed E-state index contributed by atoms with van der Waals surface area (Å²) in [6, 6.07) is 4.46. The van der Waals surface area contributed by atoms with Gasteiger partial charge in [0.25, 0.3) is 5.69 Å². The van der Waals surface area contributed by atoms with E-state index in [2.05, 4.69) is 12.6 Å². The van der Waals surface area contributed by atoms with E-state index in [9.17, 15) is 14.9 Å². The molecule has 68 valence electrons. The summed E-state index contributed by atoms with van der Waals surface area (Å²) in [6.07, 6.45) is 0. The summed E-state index contributed by atoms with van der Waals surface area (Å²) in [4.78, 5) is 20.9. The number of carbonyl (C=O) groups excluding carboxylic acids is 1. The first-order chi connectivity index (χ1) is 6.04. The lowest BCUT2D eigenvalue weighted by Gasteiger charge is -2.00. The maximum Gasteiger partial charge on any atom is 0.281 e. The highest BCUT2D eigenvalue weighted by atomic mass is 32.1. The minimum absolute atomic E-state index is 0.0656. The second-order valence-electron chi connectivity index (χ2n) is 2.53. The lowest BCUT2D eigenvalue weighted by atomic mass is 10.1. The van der Waals surface area contributed by atoms with Crippen molar-refractivity contribution >= 4 is 23.4 Å². The summed E-state index contributed by atoms with van der Waals surface area (Å²) in [5.41, 5.74) is 0.435. The zero-order valence-electron chi connectivity index (χ0n) is 6.85. The van der Waals surface area contributed by atoms with Crippen LogP contribution in [0.15, 0.2) is 18.2 Å². The molecule has 0 heterocycles. The van der Waals surface area contributed by atoms with Crippen molar-refractivity contribution in [1.29, 1.82) is 0 Å². The predicted octanol–water partition coefficient (Wildman–Crippen LogP) is 1.97. The van der Waals surface area contributed by atoms with E-state index in [1.807, 2.05) is 0 Å². The Kier molecular flexibility index (Phi) is 2.67. The van der Waals surface area contributed by atoms with E-state index < -0.39 is 10.0 Å². The molecule has 13 heavy (non-hydrogen) atoms. The number of benzene rings is 1. The number of nitro benzene ring substituents is 1. The van der Waals surface area contributed by atoms with Crippen molar-refractivity contribution in [2.24, 2.45) is 0 Å². The third-order valence-electron chi connectivity index (χ3n) is 1.66. The lowest BCUT2D eigenvalue weighted by molar-refractivity contribution is -0.385. The van der Waals surface area contributed by atoms with Crippen LogP contribution in [0, 0.1) is 17.0 Å². The first kappa shape index (κ1) is 9.73. The highest BCUT2D eigenvalue weighted by molar-refractivity contribution is 7.97. The summed E-state index contributed by atoms with van der Waals surface area (Å²) in [7, 11) is 0. The van der Waals surface area contributed by atoms with Gasteiger partial charge in [-0.15, -0.1) is 12.6 Å². The molecule has 0 bridgehead atoms. The smallest absolute Gasteiger partial charge is 0.281 e. The Labute approximate surface area is 80.1 Å². The average Bonchev–Trinajstić information content (AvgIpc) is 2.02. The van der Waals surface area contributed by atoms with Crippen LogP contribution >= 0.6 is 12.6 Å². The minimum Gasteiger partial charge on any atom is -0.282 e. The number of carbonyl (C=O) groups is 1. The SMILES string of the molecule is Cc1cccc([N+](=O)[O-])c1C(=O)S. The number of hydrogen-bond acceptors (Lipinski definition) is 3. The Bertz CT molecular complexity index is 376. The molecule has 0 saturated carbocycles. The van der Waals surface area contributed by atoms with E-state index in [1.165, 1.54) is 12.1 Å². The topological polar surface area (TPSA) is 60.2 Å². The molecule has 0 atom stereocenters. The van der Waals surface area contributed by atoms with Crippen molar-refractivity contribution in [2.75, 3.05) is 0 Å². The molecule has 0 aliphatic heterocycles. The van der Waals surface area contributed by atoms with Gasteiger partial charge in [0, 0.05) is 6.07 Å². The molecule has 0 aliphatic carbocycles. The Morgan fingerprint density at radius 1 is 1.54 bits per heavy atom. The second-order valence-corrected chi connectivity index (χ2v) is 2.94. The highest BCUT2D eigenvalue weighted by Crippen LogP contribution is 2.22. The van der Waals surface area contributed by atoms with E-state index in [1.54, 1.807) is 13.0 Å². The van der Waals surface area contributed by atoms with Crippen LogP contribution in [-0.2, 0) is 0 Å². The van der Waals surface area contributed by atoms with Crippen molar-refractivity contribution in [1.82, 2.24) is 0 Å². The van der Waals surface area contributed by atoms with Crippen LogP contribution in [0.3, 0.4) is 0 Å². The van der Waals surface area contributed by atoms with Crippen molar-refractivity contribution in [3.8, 4) is 0 Å². The monoisotopic (exact) mass is 197 g/mol. The van der Waals surface area contributed by atoms with Crippen LogP contribution < -0.4 is 0 Å². The van der Waals surface area contributed by atoms with E-state index in [4.69, 9.17) is 0 Å². The molecule has 0 amide bonds. The standard InChI is InChI=1S/C8H7NO3S/c1-5-3-2-4-6(9(11)12)7(5)8(10)13/h2-4H,1H3,(H,10,13). The van der Waals surface area contributed by atoms with Gasteiger partial charge in [0.2, 0.25) is 5.12 Å². The first-order valence-electron chi connectivity index (χ1n) is 3.51. The fraction of sp³-hybridized carbons (Fsp3) is 0.125. The van der Waals surface area contributed by atoms with Crippen molar-refractivity contribution in [2.45, 2.75) is 6.92 Å². The molecule has 5 heteroatoms. The molecular weight excluding hydrogens is 190 g/mol. The third-order valence-corrected chi connectivity index (χ3v) is 1.88. The molecule has 0 N–H and O–H groups in total. The van der Waals surface area contributed by atoms with E-state index in [0.717, 1.165) is 0 Å². The van der Waals surface area contributed by atoms with E-state index in [0.29, 0.717) is 5.56 Å². The molecular formula is C8H7NO3S. The Morgan fingerprint density at radius 2 is 2.15 bits per heavy atom. The fourth-order valence-corrected chi connectivity index (χ4v) is 1.37. The normalized spacial score (nSPS) is 9.69. The zero-order valence-corrected chi connectivity index (χ0v) is 7.75. The number of rotatable bonds is 2. The molecule has 0 fully saturated rings. The van der Waals surface area contributed by atoms with E-state index >= 15 is 0 Å². The number of hydrogen-bond donors (Lipinski definition) is 1. The molecule has 0 radical (unpaired) electrons. The quantitative estimate of drug-likeness (QED) is 0.448. The molecule has 1 aromatic rings. The molecule has 1 rings (SSSR count). The maximum absolute atomic E-state index is 11.0.